The standard InChI is InChI=1S/C26H25NO7S/c1-5-34-24(29)14-23-27(15-20-13-19(16(2)28)10-11-21(20)32-3)25(30)22(35-23)12-17-6-8-18(9-7-17)26(31)33-4/h6-14H,5,15H2,1-4H3/b22-12-,23-14-. The molecule has 9 heteroatoms. The molecule has 1 aromatic heterocycles. The van der Waals surface area contributed by atoms with Gasteiger partial charge in [-0.3, -0.25) is 14.2 Å². The van der Waals surface area contributed by atoms with Gasteiger partial charge in [0.1, 0.15) is 10.4 Å². The molecule has 3 aromatic rings. The first kappa shape index (κ1) is 25.6. The van der Waals surface area contributed by atoms with E-state index in [2.05, 4.69) is 0 Å². The quantitative estimate of drug-likeness (QED) is 0.349. The minimum Gasteiger partial charge on any atom is -0.496 e. The maximum atomic E-state index is 13.4. The lowest BCUT2D eigenvalue weighted by molar-refractivity contribution is -0.135. The number of hydrogen-bond acceptors (Lipinski definition) is 8. The topological polar surface area (TPSA) is 101 Å². The van der Waals surface area contributed by atoms with Crippen LogP contribution in [0.4, 0.5) is 0 Å². The number of rotatable bonds is 8. The van der Waals surface area contributed by atoms with Gasteiger partial charge in [0.05, 0.1) is 43.5 Å². The molecule has 0 bridgehead atoms. The van der Waals surface area contributed by atoms with Gasteiger partial charge in [-0.1, -0.05) is 12.1 Å². The molecule has 2 aromatic carbocycles. The monoisotopic (exact) mass is 495 g/mol. The molecule has 0 radical (unpaired) electrons. The molecular weight excluding hydrogens is 470 g/mol. The van der Waals surface area contributed by atoms with Crippen LogP contribution in [0.25, 0.3) is 12.2 Å². The maximum Gasteiger partial charge on any atom is 0.337 e. The van der Waals surface area contributed by atoms with Crippen LogP contribution in [0.5, 0.6) is 5.75 Å². The number of carbonyl (C=O) groups excluding carboxylic acids is 3. The summed E-state index contributed by atoms with van der Waals surface area (Å²) in [6.07, 6.45) is 2.95. The fourth-order valence-electron chi connectivity index (χ4n) is 3.35. The van der Waals surface area contributed by atoms with Crippen LogP contribution in [0.15, 0.2) is 47.3 Å². The van der Waals surface area contributed by atoms with E-state index in [0.717, 1.165) is 11.3 Å². The number of nitrogens with zero attached hydrogens (tertiary/aromatic N) is 1. The van der Waals surface area contributed by atoms with E-state index in [9.17, 15) is 19.2 Å². The van der Waals surface area contributed by atoms with Crippen LogP contribution in [0.2, 0.25) is 0 Å². The zero-order valence-electron chi connectivity index (χ0n) is 19.8. The van der Waals surface area contributed by atoms with Gasteiger partial charge in [-0.25, -0.2) is 9.59 Å². The molecule has 0 fully saturated rings. The largest absolute Gasteiger partial charge is 0.496 e. The van der Waals surface area contributed by atoms with Crippen LogP contribution in [-0.4, -0.2) is 43.1 Å². The van der Waals surface area contributed by atoms with E-state index in [0.29, 0.717) is 37.2 Å². The van der Waals surface area contributed by atoms with E-state index in [1.54, 1.807) is 55.5 Å². The highest BCUT2D eigenvalue weighted by Crippen LogP contribution is 2.20. The Morgan fingerprint density at radius 1 is 1.03 bits per heavy atom. The van der Waals surface area contributed by atoms with Crippen LogP contribution in [0.1, 0.15) is 45.7 Å². The first-order valence-corrected chi connectivity index (χ1v) is 11.5. The number of benzene rings is 2. The molecule has 0 aliphatic heterocycles. The van der Waals surface area contributed by atoms with Crippen LogP contribution >= 0.6 is 11.3 Å². The smallest absolute Gasteiger partial charge is 0.337 e. The highest BCUT2D eigenvalue weighted by Gasteiger charge is 2.13. The Morgan fingerprint density at radius 3 is 2.31 bits per heavy atom. The second kappa shape index (κ2) is 11.4. The third-order valence-corrected chi connectivity index (χ3v) is 6.17. The van der Waals surface area contributed by atoms with Gasteiger partial charge in [0, 0.05) is 11.1 Å². The molecule has 35 heavy (non-hydrogen) atoms. The molecule has 0 aliphatic carbocycles. The Balaban J connectivity index is 2.15. The normalized spacial score (nSPS) is 11.9. The van der Waals surface area contributed by atoms with Gasteiger partial charge in [0.15, 0.2) is 5.78 Å². The van der Waals surface area contributed by atoms with Gasteiger partial charge in [-0.05, 0) is 55.8 Å². The van der Waals surface area contributed by atoms with E-state index in [1.165, 1.54) is 31.8 Å². The lowest BCUT2D eigenvalue weighted by Gasteiger charge is -2.10. The van der Waals surface area contributed by atoms with Crippen molar-refractivity contribution in [2.24, 2.45) is 0 Å². The maximum absolute atomic E-state index is 13.4. The Morgan fingerprint density at radius 2 is 1.71 bits per heavy atom. The SMILES string of the molecule is CCOC(=O)/C=c1\s/c(=C\c2ccc(C(=O)OC)cc2)c(=O)n1Cc1cc(C(C)=O)ccc1OC. The Kier molecular flexibility index (Phi) is 8.38. The summed E-state index contributed by atoms with van der Waals surface area (Å²) in [5.74, 6) is -0.627. The molecular formula is C26H25NO7S. The summed E-state index contributed by atoms with van der Waals surface area (Å²) in [5.41, 5.74) is 1.87. The van der Waals surface area contributed by atoms with Gasteiger partial charge >= 0.3 is 11.9 Å². The minimum absolute atomic E-state index is 0.0833. The number of ketones is 1. The average molecular weight is 496 g/mol. The summed E-state index contributed by atoms with van der Waals surface area (Å²) < 4.78 is 17.4. The molecule has 182 valence electrons. The van der Waals surface area contributed by atoms with Crippen molar-refractivity contribution in [2.45, 2.75) is 20.4 Å². The summed E-state index contributed by atoms with van der Waals surface area (Å²) in [5, 5.41) is 0. The van der Waals surface area contributed by atoms with Crippen molar-refractivity contribution in [3.8, 4) is 5.75 Å². The summed E-state index contributed by atoms with van der Waals surface area (Å²) >= 11 is 1.13. The number of esters is 2. The fourth-order valence-corrected chi connectivity index (χ4v) is 4.38. The summed E-state index contributed by atoms with van der Waals surface area (Å²) in [6.45, 7) is 3.44. The lowest BCUT2D eigenvalue weighted by atomic mass is 10.1. The predicted octanol–water partition coefficient (Wildman–Crippen LogP) is 2.13. The van der Waals surface area contributed by atoms with Gasteiger partial charge in [-0.15, -0.1) is 11.3 Å². The van der Waals surface area contributed by atoms with Crippen molar-refractivity contribution in [2.75, 3.05) is 20.8 Å². The van der Waals surface area contributed by atoms with Crippen LogP contribution < -0.4 is 19.5 Å². The highest BCUT2D eigenvalue weighted by molar-refractivity contribution is 7.07. The van der Waals surface area contributed by atoms with Crippen molar-refractivity contribution in [3.05, 3.63) is 84.3 Å². The zero-order chi connectivity index (χ0) is 25.5. The van der Waals surface area contributed by atoms with E-state index < -0.39 is 11.9 Å². The molecule has 8 nitrogen and oxygen atoms in total. The van der Waals surface area contributed by atoms with Crippen LogP contribution in [-0.2, 0) is 20.8 Å². The third kappa shape index (κ3) is 6.13. The van der Waals surface area contributed by atoms with E-state index >= 15 is 0 Å². The molecule has 0 atom stereocenters. The van der Waals surface area contributed by atoms with Crippen molar-refractivity contribution in [1.29, 1.82) is 0 Å². The number of hydrogen-bond donors (Lipinski definition) is 0. The molecule has 0 aliphatic rings. The summed E-state index contributed by atoms with van der Waals surface area (Å²) in [4.78, 5) is 49.1. The molecule has 1 heterocycles. The van der Waals surface area contributed by atoms with Crippen molar-refractivity contribution in [3.63, 3.8) is 0 Å². The van der Waals surface area contributed by atoms with Gasteiger partial charge in [0.25, 0.3) is 5.56 Å². The molecule has 0 amide bonds. The van der Waals surface area contributed by atoms with Gasteiger partial charge < -0.3 is 14.2 Å². The van der Waals surface area contributed by atoms with Crippen molar-refractivity contribution >= 4 is 41.2 Å². The van der Waals surface area contributed by atoms with Crippen molar-refractivity contribution in [1.82, 2.24) is 4.57 Å². The van der Waals surface area contributed by atoms with Crippen LogP contribution in [0, 0.1) is 0 Å². The third-order valence-electron chi connectivity index (χ3n) is 5.11. The first-order valence-electron chi connectivity index (χ1n) is 10.7. The summed E-state index contributed by atoms with van der Waals surface area (Å²) in [6, 6.07) is 11.6. The number of methoxy groups -OCH3 is 2. The molecule has 0 spiro atoms. The Hall–Kier alpha value is -3.98. The number of carbonyl (C=O) groups is 3. The first-order chi connectivity index (χ1) is 16.8. The number of ether oxygens (including phenoxy) is 3. The Bertz CT molecular complexity index is 1430. The van der Waals surface area contributed by atoms with Gasteiger partial charge in [0.2, 0.25) is 0 Å². The number of aromatic nitrogens is 1. The molecule has 0 N–H and O–H groups in total. The van der Waals surface area contributed by atoms with Crippen LogP contribution in [0.3, 0.4) is 0 Å². The van der Waals surface area contributed by atoms with E-state index in [-0.39, 0.29) is 24.5 Å². The second-order valence-electron chi connectivity index (χ2n) is 7.43. The molecule has 0 unspecified atom stereocenters. The second-order valence-corrected chi connectivity index (χ2v) is 8.50. The zero-order valence-corrected chi connectivity index (χ0v) is 20.6. The highest BCUT2D eigenvalue weighted by atomic mass is 32.1. The number of thiazole rings is 1. The number of Topliss-reactive ketones (excluding diaryl/α,β-unsaturated/α-hetero) is 1. The van der Waals surface area contributed by atoms with Crippen molar-refractivity contribution < 1.29 is 28.6 Å². The van der Waals surface area contributed by atoms with Gasteiger partial charge in [-0.2, -0.15) is 0 Å². The van der Waals surface area contributed by atoms with E-state index in [4.69, 9.17) is 14.2 Å². The predicted molar refractivity (Wildman–Crippen MR) is 132 cm³/mol. The fraction of sp³-hybridized carbons (Fsp3) is 0.231. The van der Waals surface area contributed by atoms with E-state index in [1.807, 2.05) is 0 Å². The Labute approximate surface area is 205 Å². The average Bonchev–Trinajstić information content (AvgIpc) is 3.12. The molecule has 0 saturated heterocycles. The molecule has 0 saturated carbocycles. The minimum atomic E-state index is -0.569. The molecule has 3 rings (SSSR count). The lowest BCUT2D eigenvalue weighted by Crippen LogP contribution is -2.32. The summed E-state index contributed by atoms with van der Waals surface area (Å²) in [7, 11) is 2.81.